The number of ether oxygens (including phenoxy) is 1. The number of aliphatic hydroxyl groups is 1. The van der Waals surface area contributed by atoms with Gasteiger partial charge in [-0.1, -0.05) is 31.7 Å². The standard InChI is InChI=1S/C28H31FN4O3/c1-5-32(16-19(3)30)24-11-6-20(14-25(24)36-4)13-21-12-18(2)15-33-26(21)31-27(35)28(33,17-34)22-7-9-23(29)10-8-22/h5-11,13-14,16,18,34H,1,12,15,17,30H2,2-4H3/b19-16-,21-13+. The van der Waals surface area contributed by atoms with Gasteiger partial charge in [-0.05, 0) is 66.3 Å². The van der Waals surface area contributed by atoms with Crippen molar-refractivity contribution in [2.45, 2.75) is 25.8 Å². The molecule has 8 heteroatoms. The van der Waals surface area contributed by atoms with Crippen LogP contribution in [0.2, 0.25) is 0 Å². The summed E-state index contributed by atoms with van der Waals surface area (Å²) >= 11 is 0. The van der Waals surface area contributed by atoms with Gasteiger partial charge in [-0.15, -0.1) is 0 Å². The summed E-state index contributed by atoms with van der Waals surface area (Å²) in [6.45, 7) is 7.81. The van der Waals surface area contributed by atoms with E-state index in [1.165, 1.54) is 24.3 Å². The number of rotatable bonds is 7. The number of fused-ring (bicyclic) bond motifs is 1. The number of methoxy groups -OCH3 is 1. The Morgan fingerprint density at radius 3 is 2.69 bits per heavy atom. The van der Waals surface area contributed by atoms with Gasteiger partial charge < -0.3 is 25.4 Å². The molecule has 7 nitrogen and oxygen atoms in total. The Morgan fingerprint density at radius 1 is 1.36 bits per heavy atom. The summed E-state index contributed by atoms with van der Waals surface area (Å²) in [7, 11) is 1.60. The average molecular weight is 491 g/mol. The Kier molecular flexibility index (Phi) is 6.99. The van der Waals surface area contributed by atoms with Gasteiger partial charge in [-0.2, -0.15) is 4.99 Å². The SMILES string of the molecule is C=CN(/C=C(/C)N)c1ccc(/C=C2\CC(C)CN3C2=NC(=O)C3(CO)c2ccc(F)cc2)cc1OC. The molecule has 0 aromatic heterocycles. The van der Waals surface area contributed by atoms with Crippen molar-refractivity contribution in [1.29, 1.82) is 0 Å². The first-order chi connectivity index (χ1) is 17.2. The second kappa shape index (κ2) is 9.99. The molecular formula is C28H31FN4O3. The van der Waals surface area contributed by atoms with E-state index < -0.39 is 23.9 Å². The lowest BCUT2D eigenvalue weighted by Crippen LogP contribution is -2.55. The van der Waals surface area contributed by atoms with Crippen LogP contribution in [0.4, 0.5) is 10.1 Å². The van der Waals surface area contributed by atoms with Crippen molar-refractivity contribution >= 4 is 23.5 Å². The van der Waals surface area contributed by atoms with E-state index in [4.69, 9.17) is 10.5 Å². The summed E-state index contributed by atoms with van der Waals surface area (Å²) in [6, 6.07) is 11.4. The zero-order valence-electron chi connectivity index (χ0n) is 20.7. The number of carbonyl (C=O) groups is 1. The predicted octanol–water partition coefficient (Wildman–Crippen LogP) is 4.16. The number of allylic oxidation sites excluding steroid dienone is 1. The van der Waals surface area contributed by atoms with Crippen LogP contribution in [-0.2, 0) is 10.3 Å². The third-order valence-electron chi connectivity index (χ3n) is 6.54. The fraction of sp³-hybridized carbons (Fsp3) is 0.286. The summed E-state index contributed by atoms with van der Waals surface area (Å²) in [5, 5.41) is 10.5. The lowest BCUT2D eigenvalue weighted by molar-refractivity contribution is -0.128. The molecule has 36 heavy (non-hydrogen) atoms. The molecule has 2 heterocycles. The number of anilines is 1. The molecule has 2 unspecified atom stereocenters. The molecule has 0 spiro atoms. The number of hydrogen-bond donors (Lipinski definition) is 2. The van der Waals surface area contributed by atoms with Crippen molar-refractivity contribution in [2.24, 2.45) is 16.6 Å². The van der Waals surface area contributed by atoms with Crippen LogP contribution >= 0.6 is 0 Å². The van der Waals surface area contributed by atoms with Gasteiger partial charge in [0.2, 0.25) is 0 Å². The molecule has 2 aliphatic rings. The third-order valence-corrected chi connectivity index (χ3v) is 6.54. The summed E-state index contributed by atoms with van der Waals surface area (Å²) in [6.07, 6.45) is 6.11. The Morgan fingerprint density at radius 2 is 2.08 bits per heavy atom. The molecule has 2 aliphatic heterocycles. The van der Waals surface area contributed by atoms with E-state index in [0.29, 0.717) is 35.8 Å². The third kappa shape index (κ3) is 4.40. The van der Waals surface area contributed by atoms with Gasteiger partial charge in [-0.3, -0.25) is 4.79 Å². The molecule has 0 radical (unpaired) electrons. The number of carbonyl (C=O) groups excluding carboxylic acids is 1. The van der Waals surface area contributed by atoms with E-state index in [2.05, 4.69) is 18.5 Å². The highest BCUT2D eigenvalue weighted by molar-refractivity contribution is 6.15. The fourth-order valence-corrected chi connectivity index (χ4v) is 4.89. The lowest BCUT2D eigenvalue weighted by atomic mass is 9.84. The zero-order chi connectivity index (χ0) is 26.0. The second-order valence-electron chi connectivity index (χ2n) is 9.25. The molecule has 3 N–H and O–H groups in total. The zero-order valence-corrected chi connectivity index (χ0v) is 20.7. The Balaban J connectivity index is 1.75. The van der Waals surface area contributed by atoms with Gasteiger partial charge in [0.05, 0.1) is 19.4 Å². The largest absolute Gasteiger partial charge is 0.495 e. The van der Waals surface area contributed by atoms with Gasteiger partial charge in [0.1, 0.15) is 17.4 Å². The van der Waals surface area contributed by atoms with E-state index in [0.717, 1.165) is 16.8 Å². The van der Waals surface area contributed by atoms with Crippen molar-refractivity contribution in [3.63, 3.8) is 0 Å². The van der Waals surface area contributed by atoms with Crippen LogP contribution in [0, 0.1) is 11.7 Å². The van der Waals surface area contributed by atoms with Gasteiger partial charge in [-0.25, -0.2) is 4.39 Å². The fourth-order valence-electron chi connectivity index (χ4n) is 4.89. The number of aliphatic imine (C=N–C) groups is 1. The van der Waals surface area contributed by atoms with Gasteiger partial charge >= 0.3 is 0 Å². The predicted molar refractivity (Wildman–Crippen MR) is 140 cm³/mol. The van der Waals surface area contributed by atoms with Crippen molar-refractivity contribution in [3.05, 3.63) is 89.7 Å². The van der Waals surface area contributed by atoms with Crippen LogP contribution in [0.5, 0.6) is 5.75 Å². The molecule has 0 saturated carbocycles. The average Bonchev–Trinajstić information content (AvgIpc) is 3.14. The summed E-state index contributed by atoms with van der Waals surface area (Å²) in [4.78, 5) is 21.3. The molecule has 1 saturated heterocycles. The lowest BCUT2D eigenvalue weighted by Gasteiger charge is -2.42. The first kappa shape index (κ1) is 25.2. The van der Waals surface area contributed by atoms with Gasteiger partial charge in [0.25, 0.3) is 5.91 Å². The number of piperidine rings is 1. The molecule has 1 fully saturated rings. The smallest absolute Gasteiger partial charge is 0.280 e. The van der Waals surface area contributed by atoms with E-state index in [-0.39, 0.29) is 5.92 Å². The Hall–Kier alpha value is -3.91. The minimum atomic E-state index is -1.37. The minimum Gasteiger partial charge on any atom is -0.495 e. The summed E-state index contributed by atoms with van der Waals surface area (Å²) in [5.41, 5.74) is 8.15. The van der Waals surface area contributed by atoms with Crippen molar-refractivity contribution in [1.82, 2.24) is 4.90 Å². The normalized spacial score (nSPS) is 22.9. The van der Waals surface area contributed by atoms with Gasteiger partial charge in [0, 0.05) is 24.6 Å². The first-order valence-electron chi connectivity index (χ1n) is 11.7. The molecule has 0 aliphatic carbocycles. The minimum absolute atomic E-state index is 0.197. The number of halogens is 1. The summed E-state index contributed by atoms with van der Waals surface area (Å²) in [5.74, 6) is 0.500. The van der Waals surface area contributed by atoms with Crippen LogP contribution in [-0.4, -0.2) is 42.0 Å². The highest BCUT2D eigenvalue weighted by atomic mass is 19.1. The molecule has 2 aromatic carbocycles. The van der Waals surface area contributed by atoms with Crippen molar-refractivity contribution in [2.75, 3.05) is 25.2 Å². The van der Waals surface area contributed by atoms with E-state index in [1.807, 2.05) is 29.2 Å². The van der Waals surface area contributed by atoms with Crippen LogP contribution in [0.15, 0.2) is 77.7 Å². The number of aliphatic hydroxyl groups excluding tert-OH is 1. The Bertz CT molecular complexity index is 1260. The monoisotopic (exact) mass is 490 g/mol. The number of nitrogens with two attached hydrogens (primary N) is 1. The molecule has 2 aromatic rings. The topological polar surface area (TPSA) is 91.4 Å². The highest BCUT2D eigenvalue weighted by Gasteiger charge is 2.53. The van der Waals surface area contributed by atoms with Crippen molar-refractivity contribution < 1.29 is 19.0 Å². The highest BCUT2D eigenvalue weighted by Crippen LogP contribution is 2.42. The number of hydrogen-bond acceptors (Lipinski definition) is 6. The second-order valence-corrected chi connectivity index (χ2v) is 9.25. The molecule has 0 bridgehead atoms. The molecule has 188 valence electrons. The summed E-state index contributed by atoms with van der Waals surface area (Å²) < 4.78 is 19.2. The maximum absolute atomic E-state index is 13.6. The number of benzene rings is 2. The maximum Gasteiger partial charge on any atom is 0.280 e. The van der Waals surface area contributed by atoms with Crippen LogP contribution in [0.3, 0.4) is 0 Å². The number of amides is 1. The Labute approximate surface area is 210 Å². The maximum atomic E-state index is 13.6. The van der Waals surface area contributed by atoms with E-state index in [1.54, 1.807) is 31.3 Å². The number of amidine groups is 1. The first-order valence-corrected chi connectivity index (χ1v) is 11.7. The van der Waals surface area contributed by atoms with Crippen molar-refractivity contribution in [3.8, 4) is 5.75 Å². The molecule has 2 atom stereocenters. The molecule has 4 rings (SSSR count). The molecular weight excluding hydrogens is 459 g/mol. The van der Waals surface area contributed by atoms with Crippen LogP contribution in [0.1, 0.15) is 31.4 Å². The van der Waals surface area contributed by atoms with E-state index >= 15 is 0 Å². The van der Waals surface area contributed by atoms with Crippen LogP contribution in [0.25, 0.3) is 6.08 Å². The quantitative estimate of drug-likeness (QED) is 0.606. The number of nitrogens with zero attached hydrogens (tertiary/aromatic N) is 3. The van der Waals surface area contributed by atoms with Crippen LogP contribution < -0.4 is 15.4 Å². The van der Waals surface area contributed by atoms with Gasteiger partial charge in [0.15, 0.2) is 5.54 Å². The van der Waals surface area contributed by atoms with E-state index in [9.17, 15) is 14.3 Å². The molecule has 1 amide bonds.